The molecular formula is C19H19NO3S. The SMILES string of the molecule is COCC1(C#N)C(c2ccccc2)C1S(=O)(=O)c1ccc(C)cc1. The molecule has 3 unspecified atom stereocenters. The van der Waals surface area contributed by atoms with E-state index in [2.05, 4.69) is 6.07 Å². The highest BCUT2D eigenvalue weighted by atomic mass is 32.2. The van der Waals surface area contributed by atoms with Gasteiger partial charge in [0.25, 0.3) is 0 Å². The van der Waals surface area contributed by atoms with Crippen LogP contribution < -0.4 is 0 Å². The fourth-order valence-corrected chi connectivity index (χ4v) is 5.75. The fourth-order valence-electron chi connectivity index (χ4n) is 3.44. The second kappa shape index (κ2) is 6.04. The molecule has 5 heteroatoms. The van der Waals surface area contributed by atoms with E-state index >= 15 is 0 Å². The molecule has 0 N–H and O–H groups in total. The van der Waals surface area contributed by atoms with Gasteiger partial charge in [0, 0.05) is 13.0 Å². The van der Waals surface area contributed by atoms with Crippen molar-refractivity contribution in [2.45, 2.75) is 23.0 Å². The fraction of sp³-hybridized carbons (Fsp3) is 0.316. The number of nitrogens with zero attached hydrogens (tertiary/aromatic N) is 1. The summed E-state index contributed by atoms with van der Waals surface area (Å²) in [7, 11) is -2.13. The summed E-state index contributed by atoms with van der Waals surface area (Å²) in [4.78, 5) is 0.257. The van der Waals surface area contributed by atoms with Crippen LogP contribution in [-0.2, 0) is 14.6 Å². The van der Waals surface area contributed by atoms with Crippen molar-refractivity contribution in [1.82, 2.24) is 0 Å². The second-order valence-electron chi connectivity index (χ2n) is 6.25. The van der Waals surface area contributed by atoms with Crippen LogP contribution in [0.25, 0.3) is 0 Å². The zero-order chi connectivity index (χ0) is 17.4. The van der Waals surface area contributed by atoms with Crippen molar-refractivity contribution in [3.8, 4) is 6.07 Å². The number of nitriles is 1. The maximum absolute atomic E-state index is 13.1. The number of sulfone groups is 1. The molecule has 2 aromatic rings. The number of hydrogen-bond donors (Lipinski definition) is 0. The maximum atomic E-state index is 13.1. The topological polar surface area (TPSA) is 67.2 Å². The molecule has 24 heavy (non-hydrogen) atoms. The van der Waals surface area contributed by atoms with Gasteiger partial charge in [-0.15, -0.1) is 0 Å². The average Bonchev–Trinajstić information content (AvgIpc) is 3.26. The van der Waals surface area contributed by atoms with Gasteiger partial charge in [-0.1, -0.05) is 48.0 Å². The largest absolute Gasteiger partial charge is 0.383 e. The van der Waals surface area contributed by atoms with E-state index in [1.807, 2.05) is 37.3 Å². The Hall–Kier alpha value is -2.16. The Bertz CT molecular complexity index is 869. The smallest absolute Gasteiger partial charge is 0.183 e. The first-order chi connectivity index (χ1) is 11.5. The summed E-state index contributed by atoms with van der Waals surface area (Å²) in [6.07, 6.45) is 0. The minimum absolute atomic E-state index is 0.0961. The van der Waals surface area contributed by atoms with Crippen molar-refractivity contribution in [3.05, 3.63) is 65.7 Å². The van der Waals surface area contributed by atoms with Crippen LogP contribution >= 0.6 is 0 Å². The molecule has 0 aromatic heterocycles. The van der Waals surface area contributed by atoms with Crippen LogP contribution in [0, 0.1) is 23.7 Å². The number of benzene rings is 2. The van der Waals surface area contributed by atoms with Crippen molar-refractivity contribution in [3.63, 3.8) is 0 Å². The monoisotopic (exact) mass is 341 g/mol. The average molecular weight is 341 g/mol. The molecule has 0 spiro atoms. The molecule has 3 rings (SSSR count). The van der Waals surface area contributed by atoms with Gasteiger partial charge in [-0.2, -0.15) is 5.26 Å². The van der Waals surface area contributed by atoms with Gasteiger partial charge in [0.2, 0.25) is 0 Å². The third-order valence-electron chi connectivity index (χ3n) is 4.69. The van der Waals surface area contributed by atoms with Gasteiger partial charge in [-0.25, -0.2) is 8.42 Å². The minimum atomic E-state index is -3.62. The summed E-state index contributed by atoms with van der Waals surface area (Å²) in [6.45, 7) is 2.00. The minimum Gasteiger partial charge on any atom is -0.383 e. The molecule has 1 fully saturated rings. The quantitative estimate of drug-likeness (QED) is 0.838. The number of aryl methyl sites for hydroxylation is 1. The number of rotatable bonds is 5. The van der Waals surface area contributed by atoms with Crippen LogP contribution in [0.2, 0.25) is 0 Å². The van der Waals surface area contributed by atoms with Gasteiger partial charge in [0.05, 0.1) is 22.8 Å². The molecular weight excluding hydrogens is 322 g/mol. The molecule has 0 bridgehead atoms. The van der Waals surface area contributed by atoms with Crippen molar-refractivity contribution >= 4 is 9.84 Å². The van der Waals surface area contributed by atoms with E-state index in [1.54, 1.807) is 24.3 Å². The van der Waals surface area contributed by atoms with Crippen molar-refractivity contribution < 1.29 is 13.2 Å². The third-order valence-corrected chi connectivity index (χ3v) is 6.98. The Morgan fingerprint density at radius 2 is 1.75 bits per heavy atom. The van der Waals surface area contributed by atoms with Crippen LogP contribution in [0.5, 0.6) is 0 Å². The molecule has 2 aromatic carbocycles. The predicted molar refractivity (Wildman–Crippen MR) is 91.3 cm³/mol. The molecule has 1 aliphatic rings. The second-order valence-corrected chi connectivity index (χ2v) is 8.32. The molecule has 1 saturated carbocycles. The summed E-state index contributed by atoms with van der Waals surface area (Å²) in [5.41, 5.74) is 0.810. The van der Waals surface area contributed by atoms with E-state index in [-0.39, 0.29) is 17.4 Å². The third kappa shape index (κ3) is 2.52. The van der Waals surface area contributed by atoms with Crippen LogP contribution in [0.3, 0.4) is 0 Å². The van der Waals surface area contributed by atoms with Crippen LogP contribution in [0.15, 0.2) is 59.5 Å². The van der Waals surface area contributed by atoms with Gasteiger partial charge >= 0.3 is 0 Å². The van der Waals surface area contributed by atoms with E-state index in [0.717, 1.165) is 11.1 Å². The van der Waals surface area contributed by atoms with E-state index in [1.165, 1.54) is 7.11 Å². The van der Waals surface area contributed by atoms with E-state index < -0.39 is 20.5 Å². The summed E-state index contributed by atoms with van der Waals surface area (Å²) in [5.74, 6) is -0.380. The number of hydrogen-bond acceptors (Lipinski definition) is 4. The van der Waals surface area contributed by atoms with Gasteiger partial charge in [0.1, 0.15) is 5.41 Å². The predicted octanol–water partition coefficient (Wildman–Crippen LogP) is 3.09. The summed E-state index contributed by atoms with van der Waals surface area (Å²) >= 11 is 0. The van der Waals surface area contributed by atoms with Crippen molar-refractivity contribution in [2.24, 2.45) is 5.41 Å². The molecule has 3 atom stereocenters. The van der Waals surface area contributed by atoms with Gasteiger partial charge in [-0.3, -0.25) is 0 Å². The number of methoxy groups -OCH3 is 1. The maximum Gasteiger partial charge on any atom is 0.183 e. The Kier molecular flexibility index (Phi) is 4.20. The lowest BCUT2D eigenvalue weighted by atomic mass is 10.0. The summed E-state index contributed by atoms with van der Waals surface area (Å²) in [6, 6.07) is 18.3. The van der Waals surface area contributed by atoms with Crippen LogP contribution in [0.1, 0.15) is 17.0 Å². The zero-order valence-electron chi connectivity index (χ0n) is 13.6. The Balaban J connectivity index is 2.07. The first-order valence-electron chi connectivity index (χ1n) is 7.73. The van der Waals surface area contributed by atoms with E-state index in [0.29, 0.717) is 0 Å². The Morgan fingerprint density at radius 3 is 2.29 bits per heavy atom. The highest BCUT2D eigenvalue weighted by Crippen LogP contribution is 2.63. The lowest BCUT2D eigenvalue weighted by Gasteiger charge is -2.08. The highest BCUT2D eigenvalue weighted by molar-refractivity contribution is 7.92. The van der Waals surface area contributed by atoms with Crippen molar-refractivity contribution in [1.29, 1.82) is 5.26 Å². The summed E-state index contributed by atoms with van der Waals surface area (Å²) < 4.78 is 31.5. The van der Waals surface area contributed by atoms with Crippen LogP contribution in [-0.4, -0.2) is 27.4 Å². The number of ether oxygens (including phenoxy) is 1. The molecule has 0 heterocycles. The molecule has 1 aliphatic carbocycles. The van der Waals surface area contributed by atoms with E-state index in [9.17, 15) is 13.7 Å². The first-order valence-corrected chi connectivity index (χ1v) is 9.27. The molecule has 0 radical (unpaired) electrons. The lowest BCUT2D eigenvalue weighted by molar-refractivity contribution is 0.162. The normalized spacial score (nSPS) is 25.9. The summed E-state index contributed by atoms with van der Waals surface area (Å²) in [5, 5.41) is 8.96. The Labute approximate surface area is 142 Å². The Morgan fingerprint density at radius 1 is 1.12 bits per heavy atom. The van der Waals surface area contributed by atoms with Gasteiger partial charge < -0.3 is 4.74 Å². The highest BCUT2D eigenvalue weighted by Gasteiger charge is 2.72. The standard InChI is InChI=1S/C19H19NO3S/c1-14-8-10-16(11-9-14)24(21,22)18-17(15-6-4-3-5-7-15)19(18,12-20)13-23-2/h3-11,17-18H,13H2,1-2H3. The molecule has 0 amide bonds. The molecule has 0 saturated heterocycles. The molecule has 4 nitrogen and oxygen atoms in total. The first kappa shape index (κ1) is 16.7. The van der Waals surface area contributed by atoms with Crippen LogP contribution in [0.4, 0.5) is 0 Å². The van der Waals surface area contributed by atoms with Gasteiger partial charge in [-0.05, 0) is 24.6 Å². The molecule has 0 aliphatic heterocycles. The van der Waals surface area contributed by atoms with Gasteiger partial charge in [0.15, 0.2) is 9.84 Å². The van der Waals surface area contributed by atoms with Crippen molar-refractivity contribution in [2.75, 3.05) is 13.7 Å². The zero-order valence-corrected chi connectivity index (χ0v) is 14.5. The lowest BCUT2D eigenvalue weighted by Crippen LogP contribution is -2.19. The molecule has 124 valence electrons. The van der Waals surface area contributed by atoms with E-state index in [4.69, 9.17) is 4.74 Å².